The molecule has 2 heteroatoms. The van der Waals surface area contributed by atoms with E-state index in [0.717, 1.165) is 0 Å². The van der Waals surface area contributed by atoms with E-state index in [1.54, 1.807) is 0 Å². The first kappa shape index (κ1) is 9.00. The molecule has 1 aromatic rings. The molecule has 0 unspecified atom stereocenters. The lowest BCUT2D eigenvalue weighted by Crippen LogP contribution is -2.03. The number of aromatic nitrogens is 1. The van der Waals surface area contributed by atoms with Crippen molar-refractivity contribution in [2.24, 2.45) is 7.05 Å². The minimum absolute atomic E-state index is 1.27. The van der Waals surface area contributed by atoms with Crippen LogP contribution in [0.1, 0.15) is 12.6 Å². The van der Waals surface area contributed by atoms with Crippen LogP contribution in [0.3, 0.4) is 0 Å². The van der Waals surface area contributed by atoms with Crippen LogP contribution in [-0.4, -0.2) is 22.4 Å². The van der Waals surface area contributed by atoms with Gasteiger partial charge in [-0.1, -0.05) is 0 Å². The van der Waals surface area contributed by atoms with Crippen LogP contribution in [0.15, 0.2) is 36.2 Å². The van der Waals surface area contributed by atoms with Gasteiger partial charge >= 0.3 is 0 Å². The Morgan fingerprint density at radius 1 is 1.43 bits per heavy atom. The lowest BCUT2D eigenvalue weighted by Gasteiger charge is -2.03. The Balaban J connectivity index is 2.51. The highest BCUT2D eigenvalue weighted by molar-refractivity contribution is 5.75. The third-order valence-electron chi connectivity index (χ3n) is 2.66. The molecule has 0 spiro atoms. The fourth-order valence-corrected chi connectivity index (χ4v) is 1.83. The van der Waals surface area contributed by atoms with Gasteiger partial charge in [0.2, 0.25) is 5.70 Å². The van der Waals surface area contributed by atoms with Gasteiger partial charge in [-0.3, -0.25) is 0 Å². The maximum Gasteiger partial charge on any atom is 0.210 e. The summed E-state index contributed by atoms with van der Waals surface area (Å²) in [5.41, 5.74) is 3.85. The molecule has 0 atom stereocenters. The summed E-state index contributed by atoms with van der Waals surface area (Å²) in [6.07, 6.45) is 8.35. The quantitative estimate of drug-likeness (QED) is 0.594. The first-order valence-electron chi connectivity index (χ1n) is 4.77. The molecule has 0 saturated heterocycles. The number of hydrogen-bond donors (Lipinski definition) is 0. The summed E-state index contributed by atoms with van der Waals surface area (Å²) in [7, 11) is 4.14. The summed E-state index contributed by atoms with van der Waals surface area (Å²) in [6.45, 7) is 2.16. The highest BCUT2D eigenvalue weighted by Gasteiger charge is 2.15. The summed E-state index contributed by atoms with van der Waals surface area (Å²) < 4.78 is 4.28. The van der Waals surface area contributed by atoms with Gasteiger partial charge in [0.1, 0.15) is 7.05 Å². The Morgan fingerprint density at radius 2 is 2.21 bits per heavy atom. The van der Waals surface area contributed by atoms with Crippen LogP contribution in [0.4, 0.5) is 0 Å². The van der Waals surface area contributed by atoms with Crippen molar-refractivity contribution in [2.45, 2.75) is 6.92 Å². The number of nitrogens with zero attached hydrogens (tertiary/aromatic N) is 2. The van der Waals surface area contributed by atoms with Crippen molar-refractivity contribution in [3.8, 4) is 0 Å². The number of rotatable bonds is 1. The van der Waals surface area contributed by atoms with E-state index >= 15 is 0 Å². The highest BCUT2D eigenvalue weighted by Crippen LogP contribution is 2.20. The van der Waals surface area contributed by atoms with E-state index in [1.165, 1.54) is 17.0 Å². The molecule has 2 rings (SSSR count). The van der Waals surface area contributed by atoms with Crippen LogP contribution in [0.25, 0.3) is 5.57 Å². The molecule has 0 radical (unpaired) electrons. The topological polar surface area (TPSA) is 7.94 Å². The van der Waals surface area contributed by atoms with Gasteiger partial charge in [0, 0.05) is 36.7 Å². The molecule has 1 aliphatic rings. The predicted octanol–water partition coefficient (Wildman–Crippen LogP) is 2.04. The third kappa shape index (κ3) is 1.33. The summed E-state index contributed by atoms with van der Waals surface area (Å²) in [6, 6.07) is 4.21. The Labute approximate surface area is 84.5 Å². The predicted molar refractivity (Wildman–Crippen MR) is 59.4 cm³/mol. The minimum Gasteiger partial charge on any atom is -0.351 e. The smallest absolute Gasteiger partial charge is 0.210 e. The standard InChI is InChI=1S/C12H15N2/c1-10(11-6-4-8-13(11)2)12-7-5-9-14(12)3/h4-9H,1-3H3/q+1. The fourth-order valence-electron chi connectivity index (χ4n) is 1.83. The van der Waals surface area contributed by atoms with E-state index in [9.17, 15) is 0 Å². The fraction of sp³-hybridized carbons (Fsp3) is 0.250. The van der Waals surface area contributed by atoms with Crippen LogP contribution in [0.5, 0.6) is 0 Å². The zero-order valence-electron chi connectivity index (χ0n) is 8.86. The van der Waals surface area contributed by atoms with Crippen LogP contribution < -0.4 is 0 Å². The second kappa shape index (κ2) is 3.29. The molecule has 0 fully saturated rings. The summed E-state index contributed by atoms with van der Waals surface area (Å²) in [5.74, 6) is 0. The normalized spacial score (nSPS) is 18.6. The molecule has 2 heterocycles. The van der Waals surface area contributed by atoms with Crippen molar-refractivity contribution < 1.29 is 4.58 Å². The Morgan fingerprint density at radius 3 is 2.71 bits per heavy atom. The summed E-state index contributed by atoms with van der Waals surface area (Å²) >= 11 is 0. The molecule has 0 saturated carbocycles. The van der Waals surface area contributed by atoms with Crippen molar-refractivity contribution in [1.82, 2.24) is 4.57 Å². The molecule has 0 amide bonds. The molecule has 2 nitrogen and oxygen atoms in total. The maximum atomic E-state index is 2.16. The van der Waals surface area contributed by atoms with E-state index in [0.29, 0.717) is 0 Å². The molecule has 0 N–H and O–H groups in total. The summed E-state index contributed by atoms with van der Waals surface area (Å²) in [4.78, 5) is 0. The monoisotopic (exact) mass is 187 g/mol. The third-order valence-corrected chi connectivity index (χ3v) is 2.66. The SMILES string of the molecule is C/C(=C1\C=CC=[N+]1C)c1cccn1C. The van der Waals surface area contributed by atoms with Gasteiger partial charge in [0.25, 0.3) is 0 Å². The van der Waals surface area contributed by atoms with Gasteiger partial charge < -0.3 is 4.57 Å². The Bertz CT molecular complexity index is 445. The van der Waals surface area contributed by atoms with Gasteiger partial charge in [-0.25, -0.2) is 4.58 Å². The van der Waals surface area contributed by atoms with Gasteiger partial charge in [0.05, 0.1) is 0 Å². The molecular formula is C12H15N2+. The Hall–Kier alpha value is -1.57. The zero-order chi connectivity index (χ0) is 10.1. The van der Waals surface area contributed by atoms with E-state index < -0.39 is 0 Å². The second-order valence-corrected chi connectivity index (χ2v) is 3.63. The molecule has 72 valence electrons. The first-order chi connectivity index (χ1) is 6.70. The van der Waals surface area contributed by atoms with Crippen LogP contribution in [-0.2, 0) is 7.05 Å². The number of aryl methyl sites for hydroxylation is 1. The molecule has 14 heavy (non-hydrogen) atoms. The van der Waals surface area contributed by atoms with Crippen molar-refractivity contribution >= 4 is 11.8 Å². The van der Waals surface area contributed by atoms with Crippen molar-refractivity contribution in [3.63, 3.8) is 0 Å². The van der Waals surface area contributed by atoms with E-state index in [-0.39, 0.29) is 0 Å². The lowest BCUT2D eigenvalue weighted by atomic mass is 10.1. The van der Waals surface area contributed by atoms with Crippen molar-refractivity contribution in [1.29, 1.82) is 0 Å². The van der Waals surface area contributed by atoms with E-state index in [1.807, 2.05) is 0 Å². The van der Waals surface area contributed by atoms with Crippen LogP contribution in [0, 0.1) is 0 Å². The van der Waals surface area contributed by atoms with Gasteiger partial charge in [-0.2, -0.15) is 0 Å². The van der Waals surface area contributed by atoms with Gasteiger partial charge in [-0.05, 0) is 19.1 Å². The molecule has 0 aliphatic carbocycles. The van der Waals surface area contributed by atoms with Gasteiger partial charge in [-0.15, -0.1) is 0 Å². The highest BCUT2D eigenvalue weighted by atomic mass is 15.0. The molecule has 1 aliphatic heterocycles. The minimum atomic E-state index is 1.27. The molecular weight excluding hydrogens is 172 g/mol. The van der Waals surface area contributed by atoms with Crippen LogP contribution in [0.2, 0.25) is 0 Å². The number of likely N-dealkylation sites (N-methyl/N-ethyl adjacent to an activating group) is 1. The van der Waals surface area contributed by atoms with E-state index in [2.05, 4.69) is 66.9 Å². The first-order valence-corrected chi connectivity index (χ1v) is 4.77. The van der Waals surface area contributed by atoms with Crippen molar-refractivity contribution in [3.05, 3.63) is 41.9 Å². The van der Waals surface area contributed by atoms with Crippen molar-refractivity contribution in [2.75, 3.05) is 7.05 Å². The molecule has 1 aromatic heterocycles. The Kier molecular flexibility index (Phi) is 2.12. The average Bonchev–Trinajstić information content (AvgIpc) is 2.73. The largest absolute Gasteiger partial charge is 0.351 e. The maximum absolute atomic E-state index is 2.16. The zero-order valence-corrected chi connectivity index (χ0v) is 8.86. The number of allylic oxidation sites excluding steroid dienone is 3. The molecule has 0 bridgehead atoms. The second-order valence-electron chi connectivity index (χ2n) is 3.63. The average molecular weight is 187 g/mol. The van der Waals surface area contributed by atoms with E-state index in [4.69, 9.17) is 0 Å². The van der Waals surface area contributed by atoms with Gasteiger partial charge in [0.15, 0.2) is 6.21 Å². The lowest BCUT2D eigenvalue weighted by molar-refractivity contribution is -0.428. The summed E-state index contributed by atoms with van der Waals surface area (Å²) in [5, 5.41) is 0. The van der Waals surface area contributed by atoms with Crippen LogP contribution >= 0.6 is 0 Å². The molecule has 0 aromatic carbocycles. The number of hydrogen-bond acceptors (Lipinski definition) is 0.